The van der Waals surface area contributed by atoms with E-state index >= 15 is 0 Å². The van der Waals surface area contributed by atoms with Gasteiger partial charge in [0.15, 0.2) is 5.13 Å². The molecule has 1 aromatic carbocycles. The summed E-state index contributed by atoms with van der Waals surface area (Å²) in [4.78, 5) is 28.1. The number of methoxy groups -OCH3 is 1. The highest BCUT2D eigenvalue weighted by Gasteiger charge is 2.10. The van der Waals surface area contributed by atoms with Gasteiger partial charge in [0.1, 0.15) is 5.75 Å². The molecule has 0 unspecified atom stereocenters. The van der Waals surface area contributed by atoms with Gasteiger partial charge in [0, 0.05) is 23.9 Å². The third-order valence-corrected chi connectivity index (χ3v) is 4.88. The molecule has 2 aromatic heterocycles. The van der Waals surface area contributed by atoms with E-state index in [9.17, 15) is 9.59 Å². The molecule has 2 amide bonds. The Morgan fingerprint density at radius 3 is 2.92 bits per heavy atom. The van der Waals surface area contributed by atoms with Crippen LogP contribution in [0.3, 0.4) is 0 Å². The molecule has 0 radical (unpaired) electrons. The molecule has 0 aliphatic carbocycles. The highest BCUT2D eigenvalue weighted by Crippen LogP contribution is 2.29. The van der Waals surface area contributed by atoms with E-state index in [1.807, 2.05) is 23.6 Å². The molecular weight excluding hydrogens is 346 g/mol. The van der Waals surface area contributed by atoms with Crippen molar-refractivity contribution < 1.29 is 14.3 Å². The number of thiazole rings is 1. The summed E-state index contributed by atoms with van der Waals surface area (Å²) in [6, 6.07) is 7.30. The van der Waals surface area contributed by atoms with Crippen molar-refractivity contribution in [2.45, 2.75) is 6.42 Å². The number of carbonyl (C=O) groups is 2. The normalized spacial score (nSPS) is 10.5. The predicted molar refractivity (Wildman–Crippen MR) is 96.1 cm³/mol. The molecule has 124 valence electrons. The molecule has 0 spiro atoms. The molecule has 2 N–H and O–H groups in total. The van der Waals surface area contributed by atoms with Gasteiger partial charge in [-0.2, -0.15) is 11.3 Å². The van der Waals surface area contributed by atoms with Gasteiger partial charge in [-0.1, -0.05) is 11.3 Å². The van der Waals surface area contributed by atoms with Gasteiger partial charge in [-0.15, -0.1) is 0 Å². The number of hydrogen-bond donors (Lipinski definition) is 2. The van der Waals surface area contributed by atoms with E-state index in [4.69, 9.17) is 4.74 Å². The maximum absolute atomic E-state index is 12.0. The highest BCUT2D eigenvalue weighted by atomic mass is 32.1. The molecule has 0 fully saturated rings. The lowest BCUT2D eigenvalue weighted by atomic mass is 10.3. The Balaban J connectivity index is 1.52. The molecule has 0 bridgehead atoms. The summed E-state index contributed by atoms with van der Waals surface area (Å²) in [6.07, 6.45) is 0.190. The first-order chi connectivity index (χ1) is 11.7. The molecule has 2 heterocycles. The topological polar surface area (TPSA) is 80.3 Å². The Hall–Kier alpha value is -2.45. The molecule has 0 aliphatic rings. The van der Waals surface area contributed by atoms with Gasteiger partial charge in [0.25, 0.3) is 5.91 Å². The van der Waals surface area contributed by atoms with Crippen molar-refractivity contribution in [1.82, 2.24) is 10.3 Å². The van der Waals surface area contributed by atoms with E-state index in [-0.39, 0.29) is 24.8 Å². The van der Waals surface area contributed by atoms with Crippen LogP contribution in [0, 0.1) is 0 Å². The number of anilines is 1. The Kier molecular flexibility index (Phi) is 5.07. The van der Waals surface area contributed by atoms with Crippen molar-refractivity contribution in [3.63, 3.8) is 0 Å². The summed E-state index contributed by atoms with van der Waals surface area (Å²) in [5.41, 5.74) is 1.42. The summed E-state index contributed by atoms with van der Waals surface area (Å²) in [5.74, 6) is 0.392. The number of fused-ring (bicyclic) bond motifs is 1. The molecule has 8 heteroatoms. The maximum atomic E-state index is 12.0. The second kappa shape index (κ2) is 7.41. The van der Waals surface area contributed by atoms with E-state index in [2.05, 4.69) is 15.6 Å². The van der Waals surface area contributed by atoms with Gasteiger partial charge in [0.2, 0.25) is 5.91 Å². The van der Waals surface area contributed by atoms with Crippen molar-refractivity contribution >= 4 is 49.8 Å². The van der Waals surface area contributed by atoms with Gasteiger partial charge < -0.3 is 15.4 Å². The zero-order chi connectivity index (χ0) is 16.9. The second-order valence-corrected chi connectivity index (χ2v) is 6.73. The summed E-state index contributed by atoms with van der Waals surface area (Å²) in [7, 11) is 1.61. The summed E-state index contributed by atoms with van der Waals surface area (Å²) in [5, 5.41) is 9.61. The van der Waals surface area contributed by atoms with E-state index in [0.717, 1.165) is 16.0 Å². The van der Waals surface area contributed by atoms with Crippen LogP contribution in [0.25, 0.3) is 10.2 Å². The number of thiophene rings is 1. The minimum atomic E-state index is -0.188. The fourth-order valence-electron chi connectivity index (χ4n) is 2.05. The number of rotatable bonds is 6. The van der Waals surface area contributed by atoms with E-state index in [0.29, 0.717) is 10.7 Å². The Bertz CT molecular complexity index is 859. The molecule has 0 atom stereocenters. The SMILES string of the molecule is COc1ccc2nc(NC(=O)CCNC(=O)c3ccsc3)sc2c1. The first-order valence-corrected chi connectivity index (χ1v) is 8.96. The van der Waals surface area contributed by atoms with E-state index in [1.54, 1.807) is 18.6 Å². The average molecular weight is 361 g/mol. The monoisotopic (exact) mass is 361 g/mol. The van der Waals surface area contributed by atoms with Crippen molar-refractivity contribution in [1.29, 1.82) is 0 Å². The van der Waals surface area contributed by atoms with E-state index < -0.39 is 0 Å². The van der Waals surface area contributed by atoms with Crippen LogP contribution in [0.15, 0.2) is 35.0 Å². The summed E-state index contributed by atoms with van der Waals surface area (Å²) >= 11 is 2.84. The van der Waals surface area contributed by atoms with Gasteiger partial charge in [0.05, 0.1) is 17.3 Å². The number of amides is 2. The molecular formula is C16H15N3O3S2. The fraction of sp³-hybridized carbons (Fsp3) is 0.188. The lowest BCUT2D eigenvalue weighted by molar-refractivity contribution is -0.116. The van der Waals surface area contributed by atoms with Crippen molar-refractivity contribution in [2.24, 2.45) is 0 Å². The molecule has 0 saturated carbocycles. The molecule has 3 aromatic rings. The van der Waals surface area contributed by atoms with Crippen molar-refractivity contribution in [2.75, 3.05) is 19.0 Å². The van der Waals surface area contributed by atoms with Crippen LogP contribution >= 0.6 is 22.7 Å². The Morgan fingerprint density at radius 1 is 1.29 bits per heavy atom. The number of carbonyl (C=O) groups excluding carboxylic acids is 2. The van der Waals surface area contributed by atoms with Crippen LogP contribution in [-0.4, -0.2) is 30.5 Å². The third kappa shape index (κ3) is 3.90. The molecule has 24 heavy (non-hydrogen) atoms. The van der Waals surface area contributed by atoms with Gasteiger partial charge >= 0.3 is 0 Å². The predicted octanol–water partition coefficient (Wildman–Crippen LogP) is 3.13. The molecule has 6 nitrogen and oxygen atoms in total. The quantitative estimate of drug-likeness (QED) is 0.707. The van der Waals surface area contributed by atoms with Crippen LogP contribution in [0.2, 0.25) is 0 Å². The largest absolute Gasteiger partial charge is 0.497 e. The average Bonchev–Trinajstić information content (AvgIpc) is 3.23. The van der Waals surface area contributed by atoms with Crippen LogP contribution in [0.5, 0.6) is 5.75 Å². The number of benzene rings is 1. The molecule has 3 rings (SSSR count). The first-order valence-electron chi connectivity index (χ1n) is 7.20. The number of nitrogens with zero attached hydrogens (tertiary/aromatic N) is 1. The smallest absolute Gasteiger partial charge is 0.252 e. The van der Waals surface area contributed by atoms with Crippen LogP contribution in [-0.2, 0) is 4.79 Å². The fourth-order valence-corrected chi connectivity index (χ4v) is 3.60. The highest BCUT2D eigenvalue weighted by molar-refractivity contribution is 7.22. The van der Waals surface area contributed by atoms with Crippen LogP contribution in [0.1, 0.15) is 16.8 Å². The summed E-state index contributed by atoms with van der Waals surface area (Å²) < 4.78 is 6.11. The molecule has 0 saturated heterocycles. The van der Waals surface area contributed by atoms with Crippen LogP contribution < -0.4 is 15.4 Å². The minimum Gasteiger partial charge on any atom is -0.497 e. The maximum Gasteiger partial charge on any atom is 0.252 e. The number of hydrogen-bond acceptors (Lipinski definition) is 6. The van der Waals surface area contributed by atoms with Gasteiger partial charge in [-0.3, -0.25) is 9.59 Å². The standard InChI is InChI=1S/C16H15N3O3S2/c1-22-11-2-3-12-13(8-11)24-16(18-12)19-14(20)4-6-17-15(21)10-5-7-23-9-10/h2-3,5,7-9H,4,6H2,1H3,(H,17,21)(H,18,19,20). The number of nitrogens with one attached hydrogen (secondary N) is 2. The zero-order valence-corrected chi connectivity index (χ0v) is 14.5. The first kappa shape index (κ1) is 16.4. The van der Waals surface area contributed by atoms with Crippen molar-refractivity contribution in [3.05, 3.63) is 40.6 Å². The van der Waals surface area contributed by atoms with Crippen molar-refractivity contribution in [3.8, 4) is 5.75 Å². The number of ether oxygens (including phenoxy) is 1. The zero-order valence-electron chi connectivity index (χ0n) is 12.9. The summed E-state index contributed by atoms with van der Waals surface area (Å²) in [6.45, 7) is 0.277. The lowest BCUT2D eigenvalue weighted by Gasteiger charge is -2.03. The van der Waals surface area contributed by atoms with Gasteiger partial charge in [-0.25, -0.2) is 4.98 Å². The minimum absolute atomic E-state index is 0.170. The van der Waals surface area contributed by atoms with Gasteiger partial charge in [-0.05, 0) is 29.6 Å². The molecule has 0 aliphatic heterocycles. The van der Waals surface area contributed by atoms with Crippen LogP contribution in [0.4, 0.5) is 5.13 Å². The lowest BCUT2D eigenvalue weighted by Crippen LogP contribution is -2.27. The Morgan fingerprint density at radius 2 is 2.17 bits per heavy atom. The Labute approximate surface area is 146 Å². The third-order valence-electron chi connectivity index (χ3n) is 3.26. The number of aromatic nitrogens is 1. The second-order valence-electron chi connectivity index (χ2n) is 4.92. The van der Waals surface area contributed by atoms with E-state index in [1.165, 1.54) is 22.7 Å².